The number of nitrogens with zero attached hydrogens (tertiary/aromatic N) is 4. The molecule has 3 aliphatic heterocycles. The van der Waals surface area contributed by atoms with E-state index in [4.69, 9.17) is 43.3 Å². The summed E-state index contributed by atoms with van der Waals surface area (Å²) in [6.07, 6.45) is 5.43. The smallest absolute Gasteiger partial charge is 0.232 e. The van der Waals surface area contributed by atoms with Gasteiger partial charge in [0.1, 0.15) is 11.6 Å². The van der Waals surface area contributed by atoms with E-state index in [1.165, 1.54) is 24.8 Å². The molecule has 0 spiro atoms. The minimum absolute atomic E-state index is 0.0974. The molecule has 0 unspecified atom stereocenters. The van der Waals surface area contributed by atoms with Crippen molar-refractivity contribution in [2.75, 3.05) is 67.7 Å². The molecule has 5 rings (SSSR count). The van der Waals surface area contributed by atoms with Gasteiger partial charge in [0.2, 0.25) is 5.95 Å². The topological polar surface area (TPSA) is 74.8 Å². The van der Waals surface area contributed by atoms with Crippen LogP contribution in [-0.2, 0) is 14.9 Å². The van der Waals surface area contributed by atoms with Crippen molar-refractivity contribution in [1.29, 1.82) is 0 Å². The average Bonchev–Trinajstić information content (AvgIpc) is 2.93. The number of hydrogen-bond acceptors (Lipinski definition) is 7. The van der Waals surface area contributed by atoms with E-state index in [0.29, 0.717) is 36.9 Å². The first-order chi connectivity index (χ1) is 18.0. The number of ether oxygens (including phenoxy) is 2. The van der Waals surface area contributed by atoms with Crippen LogP contribution >= 0.6 is 23.8 Å². The number of piperidine rings is 1. The van der Waals surface area contributed by atoms with Crippen LogP contribution in [0.15, 0.2) is 30.3 Å². The van der Waals surface area contributed by atoms with Gasteiger partial charge < -0.3 is 29.9 Å². The molecule has 0 bridgehead atoms. The van der Waals surface area contributed by atoms with Gasteiger partial charge in [-0.25, -0.2) is 0 Å². The van der Waals surface area contributed by atoms with Crippen molar-refractivity contribution in [1.82, 2.24) is 15.3 Å². The predicted octanol–water partition coefficient (Wildman–Crippen LogP) is 4.38. The van der Waals surface area contributed by atoms with E-state index in [1.807, 2.05) is 12.1 Å². The Labute approximate surface area is 230 Å². The van der Waals surface area contributed by atoms with Crippen molar-refractivity contribution in [2.45, 2.75) is 50.5 Å². The standard InChI is InChI=1S/C27H37ClN6O2S/c1-20-5-2-3-10-34(20)24-18-23(33-11-15-36-16-12-33)30-25(31-24)32-26(37)29-19-27(8-13-35-14-9-27)21-6-4-7-22(28)17-21/h4,6-7,17-18,20H,2-3,5,8-16,19H2,1H3,(H2,29,30,31,32,37)/t20-/m1/s1. The Bertz CT molecular complexity index is 1080. The molecule has 0 aliphatic carbocycles. The first-order valence-corrected chi connectivity index (χ1v) is 14.2. The molecule has 37 heavy (non-hydrogen) atoms. The summed E-state index contributed by atoms with van der Waals surface area (Å²) in [5.74, 6) is 2.39. The monoisotopic (exact) mass is 544 g/mol. The molecule has 1 atom stereocenters. The fourth-order valence-electron chi connectivity index (χ4n) is 5.56. The number of benzene rings is 1. The van der Waals surface area contributed by atoms with Crippen molar-refractivity contribution in [3.63, 3.8) is 0 Å². The van der Waals surface area contributed by atoms with Gasteiger partial charge in [-0.1, -0.05) is 23.7 Å². The Morgan fingerprint density at radius 1 is 1.05 bits per heavy atom. The van der Waals surface area contributed by atoms with Crippen molar-refractivity contribution in [3.8, 4) is 0 Å². The Morgan fingerprint density at radius 2 is 1.81 bits per heavy atom. The highest BCUT2D eigenvalue weighted by atomic mass is 35.5. The molecule has 3 fully saturated rings. The maximum Gasteiger partial charge on any atom is 0.232 e. The van der Waals surface area contributed by atoms with Crippen LogP contribution in [0.5, 0.6) is 0 Å². The van der Waals surface area contributed by atoms with E-state index < -0.39 is 0 Å². The molecule has 200 valence electrons. The van der Waals surface area contributed by atoms with Crippen molar-refractivity contribution in [3.05, 3.63) is 40.9 Å². The normalized spacial score (nSPS) is 21.9. The van der Waals surface area contributed by atoms with E-state index >= 15 is 0 Å². The maximum absolute atomic E-state index is 6.34. The van der Waals surface area contributed by atoms with Gasteiger partial charge in [0, 0.05) is 61.9 Å². The van der Waals surface area contributed by atoms with Gasteiger partial charge in [-0.05, 0) is 68.9 Å². The van der Waals surface area contributed by atoms with Crippen molar-refractivity contribution in [2.24, 2.45) is 0 Å². The molecule has 0 saturated carbocycles. The first-order valence-electron chi connectivity index (χ1n) is 13.4. The van der Waals surface area contributed by atoms with Crippen LogP contribution in [-0.4, -0.2) is 73.7 Å². The number of thiocarbonyl (C=S) groups is 1. The highest BCUT2D eigenvalue weighted by molar-refractivity contribution is 7.80. The van der Waals surface area contributed by atoms with Crippen LogP contribution < -0.4 is 20.4 Å². The SMILES string of the molecule is C[C@@H]1CCCCN1c1cc(N2CCOCC2)nc(NC(=S)NCC2(c3cccc(Cl)c3)CCOCC2)n1. The van der Waals surface area contributed by atoms with Gasteiger partial charge >= 0.3 is 0 Å². The van der Waals surface area contributed by atoms with E-state index in [2.05, 4.69) is 45.6 Å². The summed E-state index contributed by atoms with van der Waals surface area (Å²) < 4.78 is 11.2. The first kappa shape index (κ1) is 26.4. The molecular formula is C27H37ClN6O2S. The number of aromatic nitrogens is 2. The number of morpholine rings is 1. The van der Waals surface area contributed by atoms with E-state index in [9.17, 15) is 0 Å². The number of nitrogens with one attached hydrogen (secondary N) is 2. The summed E-state index contributed by atoms with van der Waals surface area (Å²) in [5, 5.41) is 8.02. The van der Waals surface area contributed by atoms with Crippen molar-refractivity contribution >= 4 is 46.5 Å². The van der Waals surface area contributed by atoms with Gasteiger partial charge in [-0.3, -0.25) is 0 Å². The van der Waals surface area contributed by atoms with Crippen LogP contribution in [0.25, 0.3) is 0 Å². The quantitative estimate of drug-likeness (QED) is 0.515. The molecule has 3 saturated heterocycles. The average molecular weight is 545 g/mol. The lowest BCUT2D eigenvalue weighted by Gasteiger charge is -2.38. The molecular weight excluding hydrogens is 508 g/mol. The van der Waals surface area contributed by atoms with Crippen LogP contribution in [0, 0.1) is 0 Å². The number of hydrogen-bond donors (Lipinski definition) is 2. The molecule has 10 heteroatoms. The molecule has 1 aromatic carbocycles. The Kier molecular flexibility index (Phi) is 8.64. The third-order valence-corrected chi connectivity index (χ3v) is 8.31. The highest BCUT2D eigenvalue weighted by Crippen LogP contribution is 2.35. The van der Waals surface area contributed by atoms with E-state index in [0.717, 1.165) is 62.3 Å². The molecule has 3 aliphatic rings. The second-order valence-electron chi connectivity index (χ2n) is 10.3. The van der Waals surface area contributed by atoms with Gasteiger partial charge in [-0.15, -0.1) is 0 Å². The summed E-state index contributed by atoms with van der Waals surface area (Å²) in [6, 6.07) is 10.7. The molecule has 8 nitrogen and oxygen atoms in total. The fraction of sp³-hybridized carbons (Fsp3) is 0.593. The zero-order chi connectivity index (χ0) is 25.7. The zero-order valence-electron chi connectivity index (χ0n) is 21.5. The summed E-state index contributed by atoms with van der Waals surface area (Å²) in [5.41, 5.74) is 1.12. The van der Waals surface area contributed by atoms with Crippen LogP contribution in [0.4, 0.5) is 17.6 Å². The summed E-state index contributed by atoms with van der Waals surface area (Å²) >= 11 is 12.1. The summed E-state index contributed by atoms with van der Waals surface area (Å²) in [6.45, 7) is 8.45. The summed E-state index contributed by atoms with van der Waals surface area (Å²) in [7, 11) is 0. The van der Waals surface area contributed by atoms with Crippen LogP contribution in [0.2, 0.25) is 5.02 Å². The zero-order valence-corrected chi connectivity index (χ0v) is 23.1. The van der Waals surface area contributed by atoms with Crippen molar-refractivity contribution < 1.29 is 9.47 Å². The largest absolute Gasteiger partial charge is 0.381 e. The minimum atomic E-state index is -0.0974. The number of anilines is 3. The van der Waals surface area contributed by atoms with Gasteiger partial charge in [-0.2, -0.15) is 9.97 Å². The highest BCUT2D eigenvalue weighted by Gasteiger charge is 2.35. The minimum Gasteiger partial charge on any atom is -0.381 e. The molecule has 0 radical (unpaired) electrons. The molecule has 2 N–H and O–H groups in total. The molecule has 0 amide bonds. The van der Waals surface area contributed by atoms with E-state index in [-0.39, 0.29) is 5.41 Å². The molecule has 4 heterocycles. The van der Waals surface area contributed by atoms with Gasteiger partial charge in [0.15, 0.2) is 5.11 Å². The third kappa shape index (κ3) is 6.45. The Morgan fingerprint density at radius 3 is 2.57 bits per heavy atom. The Hall–Kier alpha value is -2.20. The predicted molar refractivity (Wildman–Crippen MR) is 153 cm³/mol. The number of rotatable bonds is 6. The summed E-state index contributed by atoms with van der Waals surface area (Å²) in [4.78, 5) is 14.4. The lowest BCUT2D eigenvalue weighted by atomic mass is 9.74. The Balaban J connectivity index is 1.33. The lowest BCUT2D eigenvalue weighted by molar-refractivity contribution is 0.0515. The third-order valence-electron chi connectivity index (χ3n) is 7.83. The lowest BCUT2D eigenvalue weighted by Crippen LogP contribution is -2.45. The van der Waals surface area contributed by atoms with Gasteiger partial charge in [0.05, 0.1) is 13.2 Å². The van der Waals surface area contributed by atoms with Gasteiger partial charge in [0.25, 0.3) is 0 Å². The van der Waals surface area contributed by atoms with E-state index in [1.54, 1.807) is 0 Å². The fourth-order valence-corrected chi connectivity index (χ4v) is 5.91. The number of halogens is 1. The second kappa shape index (κ2) is 12.1. The maximum atomic E-state index is 6.34. The molecule has 2 aromatic rings. The van der Waals surface area contributed by atoms with Crippen LogP contribution in [0.1, 0.15) is 44.6 Å². The second-order valence-corrected chi connectivity index (χ2v) is 11.1. The molecule has 1 aromatic heterocycles. The van der Waals surface area contributed by atoms with Crippen LogP contribution in [0.3, 0.4) is 0 Å².